The Kier molecular flexibility index (Phi) is 5.57. The molecule has 0 unspecified atom stereocenters. The predicted octanol–water partition coefficient (Wildman–Crippen LogP) is 2.62. The van der Waals surface area contributed by atoms with Crippen LogP contribution in [0.5, 0.6) is 0 Å². The lowest BCUT2D eigenvalue weighted by Gasteiger charge is -2.08. The topological polar surface area (TPSA) is 51.9 Å². The first-order valence-corrected chi connectivity index (χ1v) is 8.63. The molecule has 132 valence electrons. The third kappa shape index (κ3) is 4.23. The summed E-state index contributed by atoms with van der Waals surface area (Å²) in [4.78, 5) is 16.7. The highest BCUT2D eigenvalue weighted by Gasteiger charge is 2.06. The zero-order valence-corrected chi connectivity index (χ0v) is 15.4. The van der Waals surface area contributed by atoms with Crippen LogP contribution in [0.15, 0.2) is 53.6 Å². The minimum atomic E-state index is -0.0441. The summed E-state index contributed by atoms with van der Waals surface area (Å²) in [5.74, 6) is 6.87. The van der Waals surface area contributed by atoms with Crippen molar-refractivity contribution in [2.45, 2.75) is 13.5 Å². The number of aryl methyl sites for hydroxylation is 1. The lowest BCUT2D eigenvalue weighted by molar-refractivity contribution is 0.625. The molecule has 1 aromatic carbocycles. The van der Waals surface area contributed by atoms with Gasteiger partial charge in [-0.2, -0.15) is 0 Å². The number of pyridine rings is 1. The Balaban J connectivity index is 1.87. The van der Waals surface area contributed by atoms with Gasteiger partial charge in [-0.3, -0.25) is 4.79 Å². The van der Waals surface area contributed by atoms with Crippen molar-refractivity contribution < 1.29 is 0 Å². The highest BCUT2D eigenvalue weighted by Crippen LogP contribution is 2.12. The van der Waals surface area contributed by atoms with Gasteiger partial charge in [0, 0.05) is 42.1 Å². The van der Waals surface area contributed by atoms with Gasteiger partial charge in [-0.1, -0.05) is 23.6 Å². The molecule has 0 aliphatic rings. The van der Waals surface area contributed by atoms with Crippen LogP contribution in [-0.2, 0) is 6.54 Å². The van der Waals surface area contributed by atoms with Crippen molar-refractivity contribution in [1.82, 2.24) is 19.4 Å². The Labute approximate surface area is 157 Å². The van der Waals surface area contributed by atoms with Gasteiger partial charge in [-0.05, 0) is 44.2 Å². The number of likely N-dealkylation sites (N-methyl/N-ethyl adjacent to an activating group) is 1. The molecular formula is C20H19ClN4O. The maximum absolute atomic E-state index is 12.2. The molecule has 3 aromatic rings. The van der Waals surface area contributed by atoms with E-state index >= 15 is 0 Å². The van der Waals surface area contributed by atoms with Gasteiger partial charge in [0.05, 0.1) is 5.69 Å². The fourth-order valence-electron chi connectivity index (χ4n) is 2.56. The van der Waals surface area contributed by atoms with Gasteiger partial charge in [-0.15, -0.1) is 0 Å². The van der Waals surface area contributed by atoms with Gasteiger partial charge in [0.25, 0.3) is 5.56 Å². The summed E-state index contributed by atoms with van der Waals surface area (Å²) in [5, 5.41) is 3.69. The SMILES string of the molecule is CNCCn1ccc(-n2cc(C#Cc3cccc(Cl)c3)nc2C)cc1=O. The molecule has 26 heavy (non-hydrogen) atoms. The summed E-state index contributed by atoms with van der Waals surface area (Å²) in [6.07, 6.45) is 3.63. The van der Waals surface area contributed by atoms with Crippen LogP contribution >= 0.6 is 11.6 Å². The fourth-order valence-corrected chi connectivity index (χ4v) is 2.75. The van der Waals surface area contributed by atoms with E-state index in [2.05, 4.69) is 22.1 Å². The molecule has 0 radical (unpaired) electrons. The summed E-state index contributed by atoms with van der Waals surface area (Å²) in [6, 6.07) is 10.9. The summed E-state index contributed by atoms with van der Waals surface area (Å²) < 4.78 is 3.54. The van der Waals surface area contributed by atoms with Crippen LogP contribution < -0.4 is 10.9 Å². The first-order valence-electron chi connectivity index (χ1n) is 8.26. The fraction of sp³-hybridized carbons (Fsp3) is 0.200. The highest BCUT2D eigenvalue weighted by atomic mass is 35.5. The Hall–Kier alpha value is -2.81. The number of aromatic nitrogens is 3. The van der Waals surface area contributed by atoms with Crippen LogP contribution in [0.2, 0.25) is 5.02 Å². The number of imidazole rings is 1. The molecule has 6 heteroatoms. The third-order valence-corrected chi connectivity index (χ3v) is 4.14. The Morgan fingerprint density at radius 2 is 2.08 bits per heavy atom. The normalized spacial score (nSPS) is 10.4. The largest absolute Gasteiger partial charge is 0.318 e. The van der Waals surface area contributed by atoms with E-state index in [1.807, 2.05) is 55.1 Å². The van der Waals surface area contributed by atoms with Crippen LogP contribution in [-0.4, -0.2) is 27.7 Å². The Morgan fingerprint density at radius 1 is 1.23 bits per heavy atom. The molecule has 0 saturated heterocycles. The molecule has 3 rings (SSSR count). The van der Waals surface area contributed by atoms with Crippen LogP contribution in [0.3, 0.4) is 0 Å². The minimum absolute atomic E-state index is 0.0441. The summed E-state index contributed by atoms with van der Waals surface area (Å²) in [6.45, 7) is 3.26. The quantitative estimate of drug-likeness (QED) is 0.722. The van der Waals surface area contributed by atoms with Crippen molar-refractivity contribution in [1.29, 1.82) is 0 Å². The Bertz CT molecular complexity index is 1040. The second kappa shape index (κ2) is 8.05. The lowest BCUT2D eigenvalue weighted by atomic mass is 10.2. The monoisotopic (exact) mass is 366 g/mol. The van der Waals surface area contributed by atoms with Gasteiger partial charge in [0.15, 0.2) is 0 Å². The Morgan fingerprint density at radius 3 is 2.81 bits per heavy atom. The van der Waals surface area contributed by atoms with Crippen molar-refractivity contribution in [3.63, 3.8) is 0 Å². The molecule has 1 N–H and O–H groups in total. The second-order valence-corrected chi connectivity index (χ2v) is 6.26. The molecule has 0 aliphatic carbocycles. The maximum atomic E-state index is 12.2. The summed E-state index contributed by atoms with van der Waals surface area (Å²) >= 11 is 5.97. The molecule has 0 aliphatic heterocycles. The van der Waals surface area contributed by atoms with Crippen molar-refractivity contribution in [2.24, 2.45) is 0 Å². The molecule has 0 bridgehead atoms. The van der Waals surface area contributed by atoms with E-state index in [0.29, 0.717) is 17.3 Å². The number of hydrogen-bond acceptors (Lipinski definition) is 3. The number of nitrogens with zero attached hydrogens (tertiary/aromatic N) is 3. The number of rotatable bonds is 4. The number of halogens is 1. The maximum Gasteiger partial charge on any atom is 0.252 e. The second-order valence-electron chi connectivity index (χ2n) is 5.82. The minimum Gasteiger partial charge on any atom is -0.318 e. The van der Waals surface area contributed by atoms with Gasteiger partial charge in [0.1, 0.15) is 11.5 Å². The average Bonchev–Trinajstić information content (AvgIpc) is 3.00. The molecule has 0 atom stereocenters. The molecule has 0 spiro atoms. The molecule has 0 saturated carbocycles. The standard InChI is InChI=1S/C20H19ClN4O/c1-15-23-18(7-6-16-4-3-5-17(21)12-16)14-25(15)19-8-10-24(11-9-22-2)20(26)13-19/h3-5,8,10,12-14,22H,9,11H2,1-2H3. The summed E-state index contributed by atoms with van der Waals surface area (Å²) in [5.41, 5.74) is 2.20. The third-order valence-electron chi connectivity index (χ3n) is 3.90. The van der Waals surface area contributed by atoms with Crippen LogP contribution in [0.25, 0.3) is 5.69 Å². The lowest BCUT2D eigenvalue weighted by Crippen LogP contribution is -2.24. The first-order chi connectivity index (χ1) is 12.6. The van der Waals surface area contributed by atoms with Crippen molar-refractivity contribution in [3.8, 4) is 17.5 Å². The smallest absolute Gasteiger partial charge is 0.252 e. The van der Waals surface area contributed by atoms with E-state index in [1.165, 1.54) is 0 Å². The van der Waals surface area contributed by atoms with Crippen molar-refractivity contribution in [2.75, 3.05) is 13.6 Å². The molecular weight excluding hydrogens is 348 g/mol. The van der Waals surface area contributed by atoms with E-state index in [4.69, 9.17) is 11.6 Å². The van der Waals surface area contributed by atoms with Gasteiger partial charge < -0.3 is 14.5 Å². The van der Waals surface area contributed by atoms with Crippen molar-refractivity contribution >= 4 is 11.6 Å². The zero-order valence-electron chi connectivity index (χ0n) is 14.7. The van der Waals surface area contributed by atoms with E-state index in [0.717, 1.165) is 23.6 Å². The molecule has 2 aromatic heterocycles. The number of benzene rings is 1. The molecule has 2 heterocycles. The van der Waals surface area contributed by atoms with Crippen LogP contribution in [0.1, 0.15) is 17.1 Å². The van der Waals surface area contributed by atoms with Crippen LogP contribution in [0, 0.1) is 18.8 Å². The van der Waals surface area contributed by atoms with E-state index in [-0.39, 0.29) is 5.56 Å². The van der Waals surface area contributed by atoms with Gasteiger partial charge in [-0.25, -0.2) is 4.98 Å². The number of hydrogen-bond donors (Lipinski definition) is 1. The molecule has 0 amide bonds. The molecule has 0 fully saturated rings. The average molecular weight is 367 g/mol. The number of nitrogens with one attached hydrogen (secondary N) is 1. The van der Waals surface area contributed by atoms with Gasteiger partial charge >= 0.3 is 0 Å². The van der Waals surface area contributed by atoms with Gasteiger partial charge in [0.2, 0.25) is 0 Å². The van der Waals surface area contributed by atoms with E-state index < -0.39 is 0 Å². The highest BCUT2D eigenvalue weighted by molar-refractivity contribution is 6.30. The summed E-state index contributed by atoms with van der Waals surface area (Å²) in [7, 11) is 1.86. The molecule has 5 nitrogen and oxygen atoms in total. The van der Waals surface area contributed by atoms with E-state index in [9.17, 15) is 4.79 Å². The predicted molar refractivity (Wildman–Crippen MR) is 104 cm³/mol. The van der Waals surface area contributed by atoms with Crippen LogP contribution in [0.4, 0.5) is 0 Å². The zero-order chi connectivity index (χ0) is 18.5. The van der Waals surface area contributed by atoms with E-state index in [1.54, 1.807) is 16.8 Å². The van der Waals surface area contributed by atoms with Crippen molar-refractivity contribution in [3.05, 3.63) is 81.3 Å². The first kappa shape index (κ1) is 18.0.